The van der Waals surface area contributed by atoms with Gasteiger partial charge in [0, 0.05) is 11.8 Å². The molecule has 1 N–H and O–H groups in total. The Kier molecular flexibility index (Phi) is 3.43. The lowest BCUT2D eigenvalue weighted by atomic mass is 10.4. The molecule has 0 unspecified atom stereocenters. The maximum absolute atomic E-state index is 11.2. The van der Waals surface area contributed by atoms with Crippen molar-refractivity contribution >= 4 is 18.0 Å². The number of carbonyl (C=O) groups excluding carboxylic acids is 1. The molecule has 2 aromatic heterocycles. The first-order chi connectivity index (χ1) is 8.17. The largest absolute Gasteiger partial charge is 0.457 e. The van der Waals surface area contributed by atoms with Gasteiger partial charge >= 0.3 is 0 Å². The van der Waals surface area contributed by atoms with Gasteiger partial charge in [0.1, 0.15) is 5.76 Å². The highest BCUT2D eigenvalue weighted by molar-refractivity contribution is 7.98. The van der Waals surface area contributed by atoms with Gasteiger partial charge in [-0.25, -0.2) is 4.98 Å². The molecule has 0 radical (unpaired) electrons. The van der Waals surface area contributed by atoms with Gasteiger partial charge in [-0.15, -0.1) is 0 Å². The van der Waals surface area contributed by atoms with Crippen LogP contribution in [0.5, 0.6) is 0 Å². The third-order valence-corrected chi connectivity index (χ3v) is 2.89. The molecule has 0 saturated carbocycles. The number of carbonyl (C=O) groups is 1. The van der Waals surface area contributed by atoms with Crippen molar-refractivity contribution in [1.82, 2.24) is 9.97 Å². The Morgan fingerprint density at radius 3 is 3.00 bits per heavy atom. The molecule has 2 aromatic rings. The molecule has 0 fully saturated rings. The molecule has 2 rings (SSSR count). The molecule has 0 atom stereocenters. The van der Waals surface area contributed by atoms with Gasteiger partial charge in [0.05, 0.1) is 5.75 Å². The van der Waals surface area contributed by atoms with Crippen LogP contribution in [-0.4, -0.2) is 16.3 Å². The summed E-state index contributed by atoms with van der Waals surface area (Å²) in [6, 6.07) is 4.77. The molecular weight excluding hydrogens is 240 g/mol. The molecule has 0 aliphatic heterocycles. The Balaban J connectivity index is 2.06. The van der Waals surface area contributed by atoms with Crippen LogP contribution in [-0.2, 0) is 5.75 Å². The minimum absolute atomic E-state index is 0.173. The van der Waals surface area contributed by atoms with Gasteiger partial charge < -0.3 is 9.40 Å². The maximum atomic E-state index is 11.2. The Morgan fingerprint density at radius 1 is 1.53 bits per heavy atom. The van der Waals surface area contributed by atoms with Crippen LogP contribution in [0.25, 0.3) is 0 Å². The number of aromatic amines is 1. The van der Waals surface area contributed by atoms with Crippen LogP contribution < -0.4 is 5.56 Å². The van der Waals surface area contributed by atoms with Crippen molar-refractivity contribution in [1.29, 1.82) is 0 Å². The molecule has 17 heavy (non-hydrogen) atoms. The van der Waals surface area contributed by atoms with E-state index < -0.39 is 0 Å². The summed E-state index contributed by atoms with van der Waals surface area (Å²) in [4.78, 5) is 28.4. The standard InChI is InChI=1S/C11H10N2O3S/c1-7-4-10(15)13-11(12-7)17-6-9-3-2-8(5-14)16-9/h2-5H,6H2,1H3,(H,12,13,15). The highest BCUT2D eigenvalue weighted by atomic mass is 32.2. The SMILES string of the molecule is Cc1cc(=O)[nH]c(SCc2ccc(C=O)o2)n1. The van der Waals surface area contributed by atoms with E-state index >= 15 is 0 Å². The van der Waals surface area contributed by atoms with Crippen LogP contribution >= 0.6 is 11.8 Å². The van der Waals surface area contributed by atoms with Gasteiger partial charge in [-0.3, -0.25) is 9.59 Å². The Labute approximate surface area is 101 Å². The number of thioether (sulfide) groups is 1. The maximum Gasteiger partial charge on any atom is 0.251 e. The average molecular weight is 250 g/mol. The molecule has 0 spiro atoms. The number of furan rings is 1. The Bertz CT molecular complexity index is 588. The number of aldehydes is 1. The van der Waals surface area contributed by atoms with Crippen LogP contribution in [0.1, 0.15) is 22.0 Å². The van der Waals surface area contributed by atoms with Crippen molar-refractivity contribution in [2.75, 3.05) is 0 Å². The molecule has 5 nitrogen and oxygen atoms in total. The lowest BCUT2D eigenvalue weighted by molar-refractivity contribution is 0.109. The van der Waals surface area contributed by atoms with Crippen LogP contribution in [0.3, 0.4) is 0 Å². The van der Waals surface area contributed by atoms with Gasteiger partial charge in [0.15, 0.2) is 17.2 Å². The van der Waals surface area contributed by atoms with Crippen LogP contribution in [0.4, 0.5) is 0 Å². The number of hydrogen-bond acceptors (Lipinski definition) is 5. The smallest absolute Gasteiger partial charge is 0.251 e. The minimum Gasteiger partial charge on any atom is -0.457 e. The number of aryl methyl sites for hydroxylation is 1. The number of hydrogen-bond donors (Lipinski definition) is 1. The van der Waals surface area contributed by atoms with Gasteiger partial charge in [-0.2, -0.15) is 0 Å². The zero-order valence-electron chi connectivity index (χ0n) is 9.10. The summed E-state index contributed by atoms with van der Waals surface area (Å²) >= 11 is 1.35. The molecular formula is C11H10N2O3S. The first kappa shape index (κ1) is 11.7. The van der Waals surface area contributed by atoms with Crippen molar-refractivity contribution in [3.05, 3.63) is 45.8 Å². The number of nitrogens with one attached hydrogen (secondary N) is 1. The van der Waals surface area contributed by atoms with Crippen LogP contribution in [0.15, 0.2) is 32.6 Å². The van der Waals surface area contributed by atoms with Gasteiger partial charge in [0.25, 0.3) is 5.56 Å². The first-order valence-electron chi connectivity index (χ1n) is 4.92. The van der Waals surface area contributed by atoms with E-state index in [0.717, 1.165) is 0 Å². The highest BCUT2D eigenvalue weighted by Crippen LogP contribution is 2.19. The monoisotopic (exact) mass is 250 g/mol. The predicted molar refractivity (Wildman–Crippen MR) is 63.3 cm³/mol. The van der Waals surface area contributed by atoms with Gasteiger partial charge in [-0.1, -0.05) is 11.8 Å². The second kappa shape index (κ2) is 5.01. The van der Waals surface area contributed by atoms with E-state index in [1.54, 1.807) is 19.1 Å². The lowest BCUT2D eigenvalue weighted by Gasteiger charge is -1.99. The molecule has 0 aromatic carbocycles. The molecule has 0 amide bonds. The summed E-state index contributed by atoms with van der Waals surface area (Å²) in [7, 11) is 0. The zero-order valence-corrected chi connectivity index (χ0v) is 9.91. The normalized spacial score (nSPS) is 10.4. The topological polar surface area (TPSA) is 76.0 Å². The average Bonchev–Trinajstić information content (AvgIpc) is 2.73. The quantitative estimate of drug-likeness (QED) is 0.508. The van der Waals surface area contributed by atoms with Crippen LogP contribution in [0.2, 0.25) is 0 Å². The van der Waals surface area contributed by atoms with E-state index in [1.807, 2.05) is 0 Å². The van der Waals surface area contributed by atoms with Crippen molar-refractivity contribution in [2.45, 2.75) is 17.8 Å². The Morgan fingerprint density at radius 2 is 2.35 bits per heavy atom. The fourth-order valence-corrected chi connectivity index (χ4v) is 2.11. The molecule has 6 heteroatoms. The molecule has 0 aliphatic rings. The highest BCUT2D eigenvalue weighted by Gasteiger charge is 2.04. The first-order valence-corrected chi connectivity index (χ1v) is 5.90. The Hall–Kier alpha value is -1.82. The summed E-state index contributed by atoms with van der Waals surface area (Å²) in [5.74, 6) is 1.48. The number of H-pyrrole nitrogens is 1. The second-order valence-electron chi connectivity index (χ2n) is 3.40. The molecule has 2 heterocycles. The van der Waals surface area contributed by atoms with E-state index in [2.05, 4.69) is 9.97 Å². The third-order valence-electron chi connectivity index (χ3n) is 2.00. The van der Waals surface area contributed by atoms with E-state index in [-0.39, 0.29) is 5.56 Å². The lowest BCUT2D eigenvalue weighted by Crippen LogP contribution is -2.07. The van der Waals surface area contributed by atoms with Crippen molar-refractivity contribution < 1.29 is 9.21 Å². The molecule has 0 saturated heterocycles. The molecule has 88 valence electrons. The van der Waals surface area contributed by atoms with E-state index in [1.165, 1.54) is 17.8 Å². The zero-order chi connectivity index (χ0) is 12.3. The third kappa shape index (κ3) is 3.07. The summed E-state index contributed by atoms with van der Waals surface area (Å²) < 4.78 is 5.21. The van der Waals surface area contributed by atoms with Gasteiger partial charge in [-0.05, 0) is 19.1 Å². The number of nitrogens with zero attached hydrogens (tertiary/aromatic N) is 1. The number of aromatic nitrogens is 2. The van der Waals surface area contributed by atoms with E-state index in [9.17, 15) is 9.59 Å². The summed E-state index contributed by atoms with van der Waals surface area (Å²) in [5, 5.41) is 0.541. The van der Waals surface area contributed by atoms with E-state index in [4.69, 9.17) is 4.42 Å². The van der Waals surface area contributed by atoms with Crippen molar-refractivity contribution in [3.8, 4) is 0 Å². The van der Waals surface area contributed by atoms with E-state index in [0.29, 0.717) is 34.4 Å². The van der Waals surface area contributed by atoms with Gasteiger partial charge in [0.2, 0.25) is 0 Å². The van der Waals surface area contributed by atoms with Crippen molar-refractivity contribution in [2.24, 2.45) is 0 Å². The summed E-state index contributed by atoms with van der Waals surface area (Å²) in [5.41, 5.74) is 0.498. The molecule has 0 bridgehead atoms. The fourth-order valence-electron chi connectivity index (χ4n) is 1.29. The number of rotatable bonds is 4. The predicted octanol–water partition coefficient (Wildman–Crippen LogP) is 1.78. The minimum atomic E-state index is -0.173. The van der Waals surface area contributed by atoms with Crippen molar-refractivity contribution in [3.63, 3.8) is 0 Å². The fraction of sp³-hybridized carbons (Fsp3) is 0.182. The molecule has 0 aliphatic carbocycles. The second-order valence-corrected chi connectivity index (χ2v) is 4.37. The summed E-state index contributed by atoms with van der Waals surface area (Å²) in [6.07, 6.45) is 0.654. The van der Waals surface area contributed by atoms with Crippen LogP contribution in [0, 0.1) is 6.92 Å². The summed E-state index contributed by atoms with van der Waals surface area (Å²) in [6.45, 7) is 1.76.